The van der Waals surface area contributed by atoms with Gasteiger partial charge in [0.1, 0.15) is 0 Å². The van der Waals surface area contributed by atoms with E-state index in [-0.39, 0.29) is 12.0 Å². The molecule has 0 fully saturated rings. The van der Waals surface area contributed by atoms with Gasteiger partial charge in [-0.1, -0.05) is 48.4 Å². The molecule has 0 aliphatic carbocycles. The van der Waals surface area contributed by atoms with E-state index in [1.807, 2.05) is 13.8 Å². The topological polar surface area (TPSA) is 29.3 Å². The van der Waals surface area contributed by atoms with E-state index >= 15 is 0 Å². The molecule has 3 rings (SSSR count). The Labute approximate surface area is 145 Å². The summed E-state index contributed by atoms with van der Waals surface area (Å²) in [6, 6.07) is 12.9. The molecule has 0 saturated heterocycles. The van der Waals surface area contributed by atoms with Gasteiger partial charge in [0.05, 0.1) is 12.0 Å². The molecule has 1 aliphatic heterocycles. The number of aryl methyl sites for hydroxylation is 1. The molecule has 2 aromatic carbocycles. The minimum absolute atomic E-state index is 0.0838. The Kier molecular flexibility index (Phi) is 4.36. The van der Waals surface area contributed by atoms with E-state index in [0.29, 0.717) is 0 Å². The molecule has 0 bridgehead atoms. The zero-order valence-corrected chi connectivity index (χ0v) is 14.6. The Morgan fingerprint density at radius 1 is 1.21 bits per heavy atom. The predicted molar refractivity (Wildman–Crippen MR) is 103 cm³/mol. The Bertz CT molecular complexity index is 826. The largest absolute Gasteiger partial charge is 0.398 e. The first-order chi connectivity index (χ1) is 11.6. The first-order valence-electron chi connectivity index (χ1n) is 8.37. The number of nitrogens with two attached hydrogens (primary N) is 1. The van der Waals surface area contributed by atoms with E-state index < -0.39 is 0 Å². The Morgan fingerprint density at radius 2 is 1.96 bits per heavy atom. The smallest absolute Gasteiger partial charge is 0.0709 e. The van der Waals surface area contributed by atoms with Gasteiger partial charge in [-0.15, -0.1) is 6.42 Å². The molecule has 1 unspecified atom stereocenters. The van der Waals surface area contributed by atoms with Crippen LogP contribution < -0.4 is 10.6 Å². The zero-order chi connectivity index (χ0) is 17.3. The molecule has 2 nitrogen and oxygen atoms in total. The Hall–Kier alpha value is -2.66. The van der Waals surface area contributed by atoms with Gasteiger partial charge in [0.2, 0.25) is 0 Å². The molecule has 1 aliphatic rings. The van der Waals surface area contributed by atoms with E-state index in [9.17, 15) is 0 Å². The maximum atomic E-state index is 6.23. The van der Waals surface area contributed by atoms with Crippen LogP contribution in [0.25, 0.3) is 0 Å². The summed E-state index contributed by atoms with van der Waals surface area (Å²) in [6.45, 7) is 7.00. The van der Waals surface area contributed by atoms with Crippen LogP contribution in [-0.2, 0) is 6.54 Å². The molecule has 2 N–H and O–H groups in total. The van der Waals surface area contributed by atoms with Crippen LogP contribution in [0.1, 0.15) is 35.1 Å². The molecule has 2 heteroatoms. The van der Waals surface area contributed by atoms with Crippen LogP contribution in [0.15, 0.2) is 48.6 Å². The van der Waals surface area contributed by atoms with Gasteiger partial charge in [0.15, 0.2) is 0 Å². The van der Waals surface area contributed by atoms with Crippen molar-refractivity contribution in [3.63, 3.8) is 0 Å². The molecule has 2 aromatic rings. The normalized spacial score (nSPS) is 19.5. The van der Waals surface area contributed by atoms with Crippen molar-refractivity contribution in [1.82, 2.24) is 0 Å². The van der Waals surface area contributed by atoms with Crippen LogP contribution in [0, 0.1) is 26.2 Å². The van der Waals surface area contributed by atoms with Crippen LogP contribution >= 0.6 is 0 Å². The highest BCUT2D eigenvalue weighted by atomic mass is 15.2. The van der Waals surface area contributed by atoms with Crippen molar-refractivity contribution in [2.24, 2.45) is 0 Å². The number of terminal acetylenes is 1. The van der Waals surface area contributed by atoms with Gasteiger partial charge in [-0.25, -0.2) is 0 Å². The van der Waals surface area contributed by atoms with Crippen LogP contribution in [0.4, 0.5) is 11.4 Å². The fraction of sp³-hybridized carbons (Fsp3) is 0.273. The maximum Gasteiger partial charge on any atom is 0.0709 e. The first-order valence-corrected chi connectivity index (χ1v) is 8.37. The van der Waals surface area contributed by atoms with Crippen LogP contribution in [0.2, 0.25) is 0 Å². The standard InChI is InChI=1S/C22H24N2/c1-5-9-20-18(6-2)19-10-7-8-11-21(19)24(20)14-17-13-12-15(3)22(23)16(17)4/h2,5,7-13,18,20H,14,23H2,1,3-4H3/b9-5-/t18?,20-/m1/s1. The summed E-state index contributed by atoms with van der Waals surface area (Å²) in [6.07, 6.45) is 10.2. The molecule has 0 spiro atoms. The fourth-order valence-electron chi connectivity index (χ4n) is 3.59. The lowest BCUT2D eigenvalue weighted by atomic mass is 9.95. The van der Waals surface area contributed by atoms with Crippen LogP contribution in [-0.4, -0.2) is 6.04 Å². The Balaban J connectivity index is 2.05. The zero-order valence-electron chi connectivity index (χ0n) is 14.6. The van der Waals surface area contributed by atoms with Crippen LogP contribution in [0.3, 0.4) is 0 Å². The summed E-state index contributed by atoms with van der Waals surface area (Å²) in [7, 11) is 0. The molecular formula is C22H24N2. The van der Waals surface area contributed by atoms with E-state index in [1.54, 1.807) is 0 Å². The number of hydrogen-bond donors (Lipinski definition) is 1. The predicted octanol–water partition coefficient (Wildman–Crippen LogP) is 4.57. The number of fused-ring (bicyclic) bond motifs is 1. The van der Waals surface area contributed by atoms with Gasteiger partial charge >= 0.3 is 0 Å². The lowest BCUT2D eigenvalue weighted by Crippen LogP contribution is -2.32. The van der Waals surface area contributed by atoms with E-state index in [2.05, 4.69) is 66.3 Å². The number of benzene rings is 2. The van der Waals surface area contributed by atoms with Gasteiger partial charge in [-0.3, -0.25) is 0 Å². The van der Waals surface area contributed by atoms with Crippen molar-refractivity contribution in [3.05, 3.63) is 70.8 Å². The minimum atomic E-state index is 0.0838. The monoisotopic (exact) mass is 316 g/mol. The molecule has 2 atom stereocenters. The van der Waals surface area contributed by atoms with Gasteiger partial charge < -0.3 is 10.6 Å². The molecule has 0 radical (unpaired) electrons. The summed E-state index contributed by atoms with van der Waals surface area (Å²) in [4.78, 5) is 2.40. The second-order valence-electron chi connectivity index (χ2n) is 6.43. The van der Waals surface area contributed by atoms with E-state index in [4.69, 9.17) is 12.2 Å². The number of hydrogen-bond acceptors (Lipinski definition) is 2. The molecule has 0 amide bonds. The molecule has 0 aromatic heterocycles. The SMILES string of the molecule is C#CC1c2ccccc2N(Cc2ccc(C)c(N)c2C)[C@@H]1/C=C\C. The molecule has 0 saturated carbocycles. The van der Waals surface area contributed by atoms with Gasteiger partial charge in [0.25, 0.3) is 0 Å². The molecular weight excluding hydrogens is 292 g/mol. The highest BCUT2D eigenvalue weighted by Crippen LogP contribution is 2.42. The maximum absolute atomic E-state index is 6.23. The number of allylic oxidation sites excluding steroid dienone is 1. The van der Waals surface area contributed by atoms with Crippen molar-refractivity contribution >= 4 is 11.4 Å². The first kappa shape index (κ1) is 16.2. The third-order valence-electron chi connectivity index (χ3n) is 5.04. The number of nitrogens with zero attached hydrogens (tertiary/aromatic N) is 1. The second-order valence-corrected chi connectivity index (χ2v) is 6.43. The van der Waals surface area contributed by atoms with Crippen LogP contribution in [0.5, 0.6) is 0 Å². The average molecular weight is 316 g/mol. The molecule has 1 heterocycles. The van der Waals surface area contributed by atoms with E-state index in [1.165, 1.54) is 16.8 Å². The number of rotatable bonds is 3. The summed E-state index contributed by atoms with van der Waals surface area (Å²) in [5.74, 6) is 3.07. The fourth-order valence-corrected chi connectivity index (χ4v) is 3.59. The van der Waals surface area contributed by atoms with Gasteiger partial charge in [0, 0.05) is 17.9 Å². The van der Waals surface area contributed by atoms with Crippen molar-refractivity contribution in [2.45, 2.75) is 39.3 Å². The number of para-hydroxylation sites is 1. The quantitative estimate of drug-likeness (QED) is 0.511. The average Bonchev–Trinajstić information content (AvgIpc) is 2.89. The van der Waals surface area contributed by atoms with Gasteiger partial charge in [-0.05, 0) is 49.1 Å². The summed E-state index contributed by atoms with van der Waals surface area (Å²) >= 11 is 0. The summed E-state index contributed by atoms with van der Waals surface area (Å²) in [5, 5.41) is 0. The third-order valence-corrected chi connectivity index (χ3v) is 5.04. The van der Waals surface area contributed by atoms with Gasteiger partial charge in [-0.2, -0.15) is 0 Å². The lowest BCUT2D eigenvalue weighted by molar-refractivity contribution is 0.687. The number of anilines is 2. The van der Waals surface area contributed by atoms with Crippen molar-refractivity contribution in [3.8, 4) is 12.3 Å². The molecule has 122 valence electrons. The number of nitrogen functional groups attached to an aromatic ring is 1. The lowest BCUT2D eigenvalue weighted by Gasteiger charge is -2.28. The summed E-state index contributed by atoms with van der Waals surface area (Å²) < 4.78 is 0. The van der Waals surface area contributed by atoms with E-state index in [0.717, 1.165) is 23.4 Å². The third kappa shape index (κ3) is 2.57. The molecule has 24 heavy (non-hydrogen) atoms. The second kappa shape index (κ2) is 6.45. The Morgan fingerprint density at radius 3 is 2.67 bits per heavy atom. The van der Waals surface area contributed by atoms with Crippen molar-refractivity contribution < 1.29 is 0 Å². The van der Waals surface area contributed by atoms with Crippen molar-refractivity contribution in [2.75, 3.05) is 10.6 Å². The van der Waals surface area contributed by atoms with Crippen molar-refractivity contribution in [1.29, 1.82) is 0 Å². The minimum Gasteiger partial charge on any atom is -0.398 e. The highest BCUT2D eigenvalue weighted by Gasteiger charge is 2.35. The summed E-state index contributed by atoms with van der Waals surface area (Å²) in [5.41, 5.74) is 13.1. The highest BCUT2D eigenvalue weighted by molar-refractivity contribution is 5.66.